The van der Waals surface area contributed by atoms with Gasteiger partial charge >= 0.3 is 0 Å². The highest BCUT2D eigenvalue weighted by atomic mass is 16.3. The zero-order valence-electron chi connectivity index (χ0n) is 25.0. The van der Waals surface area contributed by atoms with Crippen LogP contribution in [0, 0.1) is 11.3 Å². The fraction of sp³-hybridized carbons (Fsp3) is 0.0488. The fourth-order valence-corrected chi connectivity index (χ4v) is 6.94. The fourth-order valence-electron chi connectivity index (χ4n) is 6.94. The SMILES string of the molecule is CC1=NC(c2ccccc2)NC(c2ccc(C#N)c3oc4ccc(-c5ccc6c7ccccc7c7ccccc7c6c5)cc4c23)=N1. The van der Waals surface area contributed by atoms with Gasteiger partial charge in [-0.15, -0.1) is 0 Å². The Morgan fingerprint density at radius 2 is 1.26 bits per heavy atom. The van der Waals surface area contributed by atoms with Crippen LogP contribution in [0.1, 0.15) is 29.8 Å². The van der Waals surface area contributed by atoms with Gasteiger partial charge in [0.05, 0.1) is 5.56 Å². The number of nitrogens with zero attached hydrogens (tertiary/aromatic N) is 3. The highest BCUT2D eigenvalue weighted by molar-refractivity contribution is 6.26. The molecule has 0 aliphatic carbocycles. The first-order valence-electron chi connectivity index (χ1n) is 15.3. The van der Waals surface area contributed by atoms with Crippen molar-refractivity contribution in [3.05, 3.63) is 144 Å². The molecule has 1 aliphatic heterocycles. The molecule has 0 saturated heterocycles. The van der Waals surface area contributed by atoms with Crippen LogP contribution in [0.4, 0.5) is 0 Å². The molecule has 0 radical (unpaired) electrons. The molecule has 0 bridgehead atoms. The average Bonchev–Trinajstić information content (AvgIpc) is 3.50. The van der Waals surface area contributed by atoms with Crippen molar-refractivity contribution in [3.8, 4) is 17.2 Å². The predicted molar refractivity (Wildman–Crippen MR) is 188 cm³/mol. The molecular weight excluding hydrogens is 564 g/mol. The van der Waals surface area contributed by atoms with Gasteiger partial charge in [0.2, 0.25) is 0 Å². The molecule has 5 heteroatoms. The summed E-state index contributed by atoms with van der Waals surface area (Å²) in [6.45, 7) is 1.91. The summed E-state index contributed by atoms with van der Waals surface area (Å²) in [5.41, 5.74) is 5.88. The summed E-state index contributed by atoms with van der Waals surface area (Å²) < 4.78 is 6.38. The first-order valence-corrected chi connectivity index (χ1v) is 15.3. The molecular formula is C41H26N4O. The summed E-state index contributed by atoms with van der Waals surface area (Å²) in [6, 6.07) is 46.5. The Morgan fingerprint density at radius 3 is 1.96 bits per heavy atom. The third kappa shape index (κ3) is 4.01. The summed E-state index contributed by atoms with van der Waals surface area (Å²) in [7, 11) is 0. The number of nitrogens with one attached hydrogen (secondary N) is 1. The van der Waals surface area contributed by atoms with Gasteiger partial charge in [0.1, 0.15) is 29.5 Å². The number of hydrogen-bond acceptors (Lipinski definition) is 5. The van der Waals surface area contributed by atoms with Gasteiger partial charge in [-0.25, -0.2) is 9.98 Å². The summed E-state index contributed by atoms with van der Waals surface area (Å²) in [6.07, 6.45) is -0.267. The average molecular weight is 591 g/mol. The maximum absolute atomic E-state index is 10.0. The molecule has 0 fully saturated rings. The quantitative estimate of drug-likeness (QED) is 0.208. The van der Waals surface area contributed by atoms with Crippen LogP contribution in [-0.4, -0.2) is 11.7 Å². The van der Waals surface area contributed by atoms with Crippen molar-refractivity contribution in [2.45, 2.75) is 13.1 Å². The molecule has 0 spiro atoms. The van der Waals surface area contributed by atoms with Crippen molar-refractivity contribution in [3.63, 3.8) is 0 Å². The van der Waals surface area contributed by atoms with E-state index in [2.05, 4.69) is 102 Å². The Morgan fingerprint density at radius 1 is 0.652 bits per heavy atom. The minimum atomic E-state index is -0.267. The van der Waals surface area contributed by atoms with E-state index in [0.29, 0.717) is 22.8 Å². The molecule has 1 unspecified atom stereocenters. The van der Waals surface area contributed by atoms with E-state index in [9.17, 15) is 5.26 Å². The molecule has 7 aromatic carbocycles. The number of benzene rings is 7. The molecule has 1 aliphatic rings. The Kier molecular flexibility index (Phi) is 5.78. The standard InChI is InChI=1S/C41H26N4O/c1-24-43-40(25-9-3-2-4-10-25)45-41(44-24)34-19-16-28(23-42)39-38(34)36-22-27(17-20-37(36)46-39)26-15-18-33-31-13-6-5-11-29(31)30-12-7-8-14-32(30)35(33)21-26/h2-22,40H,1H3,(H,43,44,45). The topological polar surface area (TPSA) is 73.7 Å². The third-order valence-corrected chi connectivity index (χ3v) is 9.05. The van der Waals surface area contributed by atoms with Crippen molar-refractivity contribution in [2.24, 2.45) is 9.98 Å². The van der Waals surface area contributed by atoms with E-state index in [0.717, 1.165) is 38.6 Å². The van der Waals surface area contributed by atoms with Gasteiger partial charge in [-0.3, -0.25) is 0 Å². The molecule has 46 heavy (non-hydrogen) atoms. The van der Waals surface area contributed by atoms with Crippen molar-refractivity contribution < 1.29 is 4.42 Å². The minimum Gasteiger partial charge on any atom is -0.455 e. The zero-order chi connectivity index (χ0) is 30.8. The molecule has 0 saturated carbocycles. The highest BCUT2D eigenvalue weighted by Gasteiger charge is 2.23. The van der Waals surface area contributed by atoms with Crippen LogP contribution >= 0.6 is 0 Å². The number of furan rings is 1. The Bertz CT molecular complexity index is 2610. The van der Waals surface area contributed by atoms with E-state index >= 15 is 0 Å². The van der Waals surface area contributed by atoms with Crippen molar-refractivity contribution in [1.29, 1.82) is 5.26 Å². The second kappa shape index (κ2) is 10.2. The van der Waals surface area contributed by atoms with Gasteiger partial charge in [-0.05, 0) is 86.3 Å². The number of nitriles is 1. The maximum Gasteiger partial charge on any atom is 0.153 e. The number of amidine groups is 2. The van der Waals surface area contributed by atoms with E-state index in [-0.39, 0.29) is 6.17 Å². The van der Waals surface area contributed by atoms with Gasteiger partial charge in [0.15, 0.2) is 5.58 Å². The lowest BCUT2D eigenvalue weighted by Gasteiger charge is -2.23. The number of hydrogen-bond donors (Lipinski definition) is 1. The third-order valence-electron chi connectivity index (χ3n) is 9.05. The largest absolute Gasteiger partial charge is 0.455 e. The summed E-state index contributed by atoms with van der Waals surface area (Å²) >= 11 is 0. The maximum atomic E-state index is 10.0. The van der Waals surface area contributed by atoms with E-state index < -0.39 is 0 Å². The van der Waals surface area contributed by atoms with E-state index in [1.807, 2.05) is 43.3 Å². The zero-order valence-corrected chi connectivity index (χ0v) is 25.0. The van der Waals surface area contributed by atoms with Crippen LogP contribution in [0.5, 0.6) is 0 Å². The predicted octanol–water partition coefficient (Wildman–Crippen LogP) is 10.1. The van der Waals surface area contributed by atoms with E-state index in [1.165, 1.54) is 32.3 Å². The minimum absolute atomic E-state index is 0.267. The second-order valence-corrected chi connectivity index (χ2v) is 11.7. The van der Waals surface area contributed by atoms with Gasteiger partial charge in [0, 0.05) is 16.3 Å². The van der Waals surface area contributed by atoms with Crippen molar-refractivity contribution >= 4 is 65.9 Å². The molecule has 8 aromatic rings. The van der Waals surface area contributed by atoms with E-state index in [4.69, 9.17) is 14.4 Å². The molecule has 2 heterocycles. The lowest BCUT2D eigenvalue weighted by atomic mass is 9.91. The van der Waals surface area contributed by atoms with Crippen LogP contribution < -0.4 is 5.32 Å². The van der Waals surface area contributed by atoms with Crippen LogP contribution in [0.3, 0.4) is 0 Å². The Labute approximate surface area is 264 Å². The molecule has 5 nitrogen and oxygen atoms in total. The monoisotopic (exact) mass is 590 g/mol. The normalized spacial score (nSPS) is 14.8. The van der Waals surface area contributed by atoms with Crippen molar-refractivity contribution in [1.82, 2.24) is 5.32 Å². The summed E-state index contributed by atoms with van der Waals surface area (Å²) in [4.78, 5) is 9.57. The van der Waals surface area contributed by atoms with Crippen LogP contribution in [0.25, 0.3) is 65.4 Å². The molecule has 1 aromatic heterocycles. The Hall–Kier alpha value is -6.25. The first-order chi connectivity index (χ1) is 22.7. The molecule has 0 amide bonds. The first kappa shape index (κ1) is 26.2. The summed E-state index contributed by atoms with van der Waals surface area (Å²) in [5, 5.41) is 22.8. The molecule has 1 N–H and O–H groups in total. The van der Waals surface area contributed by atoms with Gasteiger partial charge in [0.25, 0.3) is 0 Å². The number of aliphatic imine (C=N–C) groups is 2. The lowest BCUT2D eigenvalue weighted by Crippen LogP contribution is -2.32. The van der Waals surface area contributed by atoms with Gasteiger partial charge in [-0.1, -0.05) is 97.1 Å². The Balaban J connectivity index is 1.24. The number of rotatable bonds is 3. The molecule has 216 valence electrons. The highest BCUT2D eigenvalue weighted by Crippen LogP contribution is 2.40. The van der Waals surface area contributed by atoms with Crippen LogP contribution in [0.15, 0.2) is 142 Å². The van der Waals surface area contributed by atoms with Crippen LogP contribution in [0.2, 0.25) is 0 Å². The smallest absolute Gasteiger partial charge is 0.153 e. The second-order valence-electron chi connectivity index (χ2n) is 11.7. The van der Waals surface area contributed by atoms with Gasteiger partial charge < -0.3 is 9.73 Å². The molecule has 1 atom stereocenters. The lowest BCUT2D eigenvalue weighted by molar-refractivity contribution is 0.666. The van der Waals surface area contributed by atoms with Crippen LogP contribution in [-0.2, 0) is 0 Å². The van der Waals surface area contributed by atoms with Gasteiger partial charge in [-0.2, -0.15) is 5.26 Å². The number of fused-ring (bicyclic) bond motifs is 9. The molecule has 9 rings (SSSR count). The van der Waals surface area contributed by atoms with Crippen molar-refractivity contribution in [2.75, 3.05) is 0 Å². The summed E-state index contributed by atoms with van der Waals surface area (Å²) in [5.74, 6) is 1.39. The van der Waals surface area contributed by atoms with E-state index in [1.54, 1.807) is 0 Å².